The molecule has 0 amide bonds. The quantitative estimate of drug-likeness (QED) is 0.718. The molecule has 0 spiro atoms. The zero-order valence-corrected chi connectivity index (χ0v) is 8.47. The molecule has 0 bridgehead atoms. The molecule has 1 fully saturated rings. The molecule has 2 heterocycles. The molecule has 14 heavy (non-hydrogen) atoms. The highest BCUT2D eigenvalue weighted by Gasteiger charge is 2.22. The van der Waals surface area contributed by atoms with Crippen molar-refractivity contribution in [3.8, 4) is 0 Å². The van der Waals surface area contributed by atoms with E-state index in [1.165, 1.54) is 0 Å². The first-order chi connectivity index (χ1) is 6.79. The number of tetrazole rings is 1. The standard InChI is InChI=1S/C8H15N5O/c1-6(2)13-8(10-11-12-13)7-5-14-4-3-9-7/h6-7,9H,3-5H2,1-2H3. The summed E-state index contributed by atoms with van der Waals surface area (Å²) < 4.78 is 7.19. The number of nitrogens with zero attached hydrogens (tertiary/aromatic N) is 4. The normalized spacial score (nSPS) is 22.9. The predicted molar refractivity (Wildman–Crippen MR) is 49.8 cm³/mol. The SMILES string of the molecule is CC(C)n1nnnc1C1COCCN1. The molecule has 0 aromatic carbocycles. The van der Waals surface area contributed by atoms with E-state index in [4.69, 9.17) is 4.74 Å². The maximum atomic E-state index is 5.37. The Labute approximate surface area is 82.6 Å². The van der Waals surface area contributed by atoms with Gasteiger partial charge in [-0.3, -0.25) is 0 Å². The Morgan fingerprint density at radius 1 is 1.57 bits per heavy atom. The summed E-state index contributed by atoms with van der Waals surface area (Å²) in [6, 6.07) is 0.407. The average molecular weight is 197 g/mol. The lowest BCUT2D eigenvalue weighted by Crippen LogP contribution is -2.36. The number of rotatable bonds is 2. The molecular formula is C8H15N5O. The van der Waals surface area contributed by atoms with E-state index in [1.54, 1.807) is 0 Å². The van der Waals surface area contributed by atoms with E-state index >= 15 is 0 Å². The van der Waals surface area contributed by atoms with E-state index in [0.717, 1.165) is 19.0 Å². The van der Waals surface area contributed by atoms with E-state index in [9.17, 15) is 0 Å². The molecule has 0 aliphatic carbocycles. The van der Waals surface area contributed by atoms with Gasteiger partial charge in [0.15, 0.2) is 5.82 Å². The highest BCUT2D eigenvalue weighted by Crippen LogP contribution is 2.15. The van der Waals surface area contributed by atoms with Crippen molar-refractivity contribution >= 4 is 0 Å². The minimum Gasteiger partial charge on any atom is -0.378 e. The van der Waals surface area contributed by atoms with Crippen molar-refractivity contribution in [2.24, 2.45) is 0 Å². The second-order valence-corrected chi connectivity index (χ2v) is 3.66. The van der Waals surface area contributed by atoms with Gasteiger partial charge in [-0.25, -0.2) is 4.68 Å². The van der Waals surface area contributed by atoms with Gasteiger partial charge in [0.05, 0.1) is 25.3 Å². The van der Waals surface area contributed by atoms with E-state index in [1.807, 2.05) is 4.68 Å². The van der Waals surface area contributed by atoms with Gasteiger partial charge in [-0.15, -0.1) is 5.10 Å². The van der Waals surface area contributed by atoms with Crippen LogP contribution in [0.1, 0.15) is 31.8 Å². The van der Waals surface area contributed by atoms with Crippen molar-refractivity contribution in [3.63, 3.8) is 0 Å². The fraction of sp³-hybridized carbons (Fsp3) is 0.875. The van der Waals surface area contributed by atoms with Crippen LogP contribution >= 0.6 is 0 Å². The minimum atomic E-state index is 0.126. The second-order valence-electron chi connectivity index (χ2n) is 3.66. The number of hydrogen-bond donors (Lipinski definition) is 1. The van der Waals surface area contributed by atoms with Crippen LogP contribution in [-0.2, 0) is 4.74 Å². The molecule has 2 rings (SSSR count). The van der Waals surface area contributed by atoms with Crippen LogP contribution in [0.5, 0.6) is 0 Å². The number of nitrogens with one attached hydrogen (secondary N) is 1. The van der Waals surface area contributed by atoms with Crippen molar-refractivity contribution in [1.29, 1.82) is 0 Å². The molecule has 0 saturated carbocycles. The van der Waals surface area contributed by atoms with Gasteiger partial charge >= 0.3 is 0 Å². The van der Waals surface area contributed by atoms with Crippen LogP contribution in [-0.4, -0.2) is 40.0 Å². The lowest BCUT2D eigenvalue weighted by Gasteiger charge is -2.23. The molecule has 1 aromatic heterocycles. The first kappa shape index (κ1) is 9.54. The van der Waals surface area contributed by atoms with E-state index in [2.05, 4.69) is 34.7 Å². The van der Waals surface area contributed by atoms with Crippen LogP contribution in [0.4, 0.5) is 0 Å². The largest absolute Gasteiger partial charge is 0.378 e. The smallest absolute Gasteiger partial charge is 0.170 e. The van der Waals surface area contributed by atoms with Gasteiger partial charge in [0, 0.05) is 6.54 Å². The molecule has 1 N–H and O–H groups in total. The van der Waals surface area contributed by atoms with Crippen molar-refractivity contribution in [3.05, 3.63) is 5.82 Å². The third-order valence-corrected chi connectivity index (χ3v) is 2.24. The van der Waals surface area contributed by atoms with Gasteiger partial charge in [0.1, 0.15) is 0 Å². The van der Waals surface area contributed by atoms with Gasteiger partial charge in [-0.1, -0.05) is 0 Å². The highest BCUT2D eigenvalue weighted by molar-refractivity contribution is 4.94. The van der Waals surface area contributed by atoms with E-state index < -0.39 is 0 Å². The molecule has 78 valence electrons. The Bertz CT molecular complexity index is 292. The summed E-state index contributed by atoms with van der Waals surface area (Å²) in [5, 5.41) is 15.0. The second kappa shape index (κ2) is 4.02. The molecule has 1 saturated heterocycles. The third kappa shape index (κ3) is 1.76. The molecule has 1 unspecified atom stereocenters. The Balaban J connectivity index is 2.17. The van der Waals surface area contributed by atoms with E-state index in [0.29, 0.717) is 6.61 Å². The Morgan fingerprint density at radius 3 is 3.07 bits per heavy atom. The number of morpholine rings is 1. The van der Waals surface area contributed by atoms with Gasteiger partial charge in [0.25, 0.3) is 0 Å². The summed E-state index contributed by atoms with van der Waals surface area (Å²) in [7, 11) is 0. The van der Waals surface area contributed by atoms with Crippen molar-refractivity contribution in [1.82, 2.24) is 25.5 Å². The Kier molecular flexibility index (Phi) is 2.74. The highest BCUT2D eigenvalue weighted by atomic mass is 16.5. The molecule has 6 heteroatoms. The van der Waals surface area contributed by atoms with Crippen molar-refractivity contribution < 1.29 is 4.74 Å². The molecule has 1 aromatic rings. The van der Waals surface area contributed by atoms with E-state index in [-0.39, 0.29) is 12.1 Å². The topological polar surface area (TPSA) is 64.9 Å². The number of ether oxygens (including phenoxy) is 1. The summed E-state index contributed by atoms with van der Waals surface area (Å²) in [6.45, 7) is 6.38. The molecule has 6 nitrogen and oxygen atoms in total. The summed E-state index contributed by atoms with van der Waals surface area (Å²) >= 11 is 0. The van der Waals surface area contributed by atoms with Crippen LogP contribution in [0.3, 0.4) is 0 Å². The molecule has 1 atom stereocenters. The van der Waals surface area contributed by atoms with Crippen LogP contribution in [0.15, 0.2) is 0 Å². The molecule has 1 aliphatic rings. The maximum Gasteiger partial charge on any atom is 0.170 e. The zero-order valence-electron chi connectivity index (χ0n) is 8.47. The first-order valence-corrected chi connectivity index (χ1v) is 4.88. The Morgan fingerprint density at radius 2 is 2.43 bits per heavy atom. The fourth-order valence-electron chi connectivity index (χ4n) is 1.53. The average Bonchev–Trinajstić information content (AvgIpc) is 2.67. The van der Waals surface area contributed by atoms with Crippen molar-refractivity contribution in [2.75, 3.05) is 19.8 Å². The summed E-state index contributed by atoms with van der Waals surface area (Å²) in [6.07, 6.45) is 0. The van der Waals surface area contributed by atoms with Crippen LogP contribution in [0.25, 0.3) is 0 Å². The van der Waals surface area contributed by atoms with Crippen LogP contribution in [0, 0.1) is 0 Å². The third-order valence-electron chi connectivity index (χ3n) is 2.24. The summed E-state index contributed by atoms with van der Waals surface area (Å²) in [5.41, 5.74) is 0. The maximum absolute atomic E-state index is 5.37. The Hall–Kier alpha value is -1.01. The lowest BCUT2D eigenvalue weighted by atomic mass is 10.2. The van der Waals surface area contributed by atoms with Crippen molar-refractivity contribution in [2.45, 2.75) is 25.9 Å². The summed E-state index contributed by atoms with van der Waals surface area (Å²) in [4.78, 5) is 0. The van der Waals surface area contributed by atoms with Gasteiger partial charge < -0.3 is 10.1 Å². The van der Waals surface area contributed by atoms with Crippen LogP contribution < -0.4 is 5.32 Å². The minimum absolute atomic E-state index is 0.126. The first-order valence-electron chi connectivity index (χ1n) is 4.88. The lowest BCUT2D eigenvalue weighted by molar-refractivity contribution is 0.0722. The predicted octanol–water partition coefficient (Wildman–Crippen LogP) is -0.0851. The molecule has 0 radical (unpaired) electrons. The van der Waals surface area contributed by atoms with Gasteiger partial charge in [-0.2, -0.15) is 0 Å². The summed E-state index contributed by atoms with van der Waals surface area (Å²) in [5.74, 6) is 0.861. The fourth-order valence-corrected chi connectivity index (χ4v) is 1.53. The molecule has 1 aliphatic heterocycles. The van der Waals surface area contributed by atoms with Crippen LogP contribution in [0.2, 0.25) is 0 Å². The number of aromatic nitrogens is 4. The van der Waals surface area contributed by atoms with Gasteiger partial charge in [-0.05, 0) is 24.3 Å². The molecular weight excluding hydrogens is 182 g/mol. The van der Waals surface area contributed by atoms with Gasteiger partial charge in [0.2, 0.25) is 0 Å². The number of hydrogen-bond acceptors (Lipinski definition) is 5. The zero-order chi connectivity index (χ0) is 9.97. The monoisotopic (exact) mass is 197 g/mol.